The van der Waals surface area contributed by atoms with Gasteiger partial charge in [-0.25, -0.2) is 0 Å². The summed E-state index contributed by atoms with van der Waals surface area (Å²) in [5.41, 5.74) is 1.11. The molecule has 0 aliphatic rings. The van der Waals surface area contributed by atoms with Crippen molar-refractivity contribution < 1.29 is 28.7 Å². The lowest BCUT2D eigenvalue weighted by Crippen LogP contribution is -2.40. The maximum Gasteiger partial charge on any atom is 0.306 e. The summed E-state index contributed by atoms with van der Waals surface area (Å²) >= 11 is 0. The van der Waals surface area contributed by atoms with Gasteiger partial charge in [0.1, 0.15) is 5.78 Å². The third-order valence-corrected chi connectivity index (χ3v) is 3.60. The van der Waals surface area contributed by atoms with Crippen molar-refractivity contribution >= 4 is 40.8 Å². The van der Waals surface area contributed by atoms with E-state index in [1.165, 1.54) is 18.7 Å². The molecule has 0 aromatic heterocycles. The zero-order chi connectivity index (χ0) is 21.1. The summed E-state index contributed by atoms with van der Waals surface area (Å²) in [6.45, 7) is 4.04. The minimum absolute atomic E-state index is 0.0631. The van der Waals surface area contributed by atoms with Crippen LogP contribution in [0.1, 0.15) is 33.6 Å². The second-order valence-corrected chi connectivity index (χ2v) is 6.08. The van der Waals surface area contributed by atoms with Crippen LogP contribution >= 0.6 is 0 Å². The molecule has 0 saturated heterocycles. The van der Waals surface area contributed by atoms with Crippen molar-refractivity contribution in [1.29, 1.82) is 0 Å². The van der Waals surface area contributed by atoms with Crippen molar-refractivity contribution in [3.05, 3.63) is 24.3 Å². The number of amides is 3. The number of hydrogen-bond acceptors (Lipinski definition) is 6. The molecule has 0 spiro atoms. The minimum Gasteiger partial charge on any atom is -0.456 e. The van der Waals surface area contributed by atoms with Crippen LogP contribution in [0.15, 0.2) is 24.3 Å². The summed E-state index contributed by atoms with van der Waals surface area (Å²) in [7, 11) is 0. The molecule has 0 fully saturated rings. The number of ether oxygens (including phenoxy) is 1. The number of rotatable bonds is 10. The predicted molar refractivity (Wildman–Crippen MR) is 103 cm³/mol. The number of carbonyl (C=O) groups is 5. The fraction of sp³-hybridized carbons (Fsp3) is 0.421. The summed E-state index contributed by atoms with van der Waals surface area (Å²) in [4.78, 5) is 58.8. The highest BCUT2D eigenvalue weighted by Gasteiger charge is 2.17. The molecule has 0 aliphatic heterocycles. The third-order valence-electron chi connectivity index (χ3n) is 3.60. The average molecular weight is 391 g/mol. The highest BCUT2D eigenvalue weighted by atomic mass is 16.5. The van der Waals surface area contributed by atoms with Crippen molar-refractivity contribution in [2.24, 2.45) is 0 Å². The molecule has 1 rings (SSSR count). The van der Waals surface area contributed by atoms with Crippen LogP contribution in [0.2, 0.25) is 0 Å². The van der Waals surface area contributed by atoms with E-state index in [4.69, 9.17) is 4.74 Å². The Bertz CT molecular complexity index is 730. The Morgan fingerprint density at radius 1 is 0.929 bits per heavy atom. The fourth-order valence-corrected chi connectivity index (χ4v) is 2.17. The number of likely N-dealkylation sites (N-methyl/N-ethyl adjacent to an activating group) is 1. The van der Waals surface area contributed by atoms with E-state index in [1.54, 1.807) is 31.2 Å². The molecule has 0 radical (unpaired) electrons. The van der Waals surface area contributed by atoms with Gasteiger partial charge in [-0.1, -0.05) is 0 Å². The van der Waals surface area contributed by atoms with Crippen LogP contribution in [0.5, 0.6) is 0 Å². The molecule has 0 atom stereocenters. The van der Waals surface area contributed by atoms with Crippen LogP contribution < -0.4 is 10.6 Å². The monoisotopic (exact) mass is 391 g/mol. The molecule has 9 nitrogen and oxygen atoms in total. The topological polar surface area (TPSA) is 122 Å². The maximum atomic E-state index is 12.1. The number of carbonyl (C=O) groups excluding carboxylic acids is 5. The van der Waals surface area contributed by atoms with Gasteiger partial charge in [0.25, 0.3) is 5.91 Å². The van der Waals surface area contributed by atoms with Gasteiger partial charge < -0.3 is 25.1 Å². The number of anilines is 2. The normalized spacial score (nSPS) is 9.96. The van der Waals surface area contributed by atoms with E-state index in [0.29, 0.717) is 11.4 Å². The van der Waals surface area contributed by atoms with Crippen LogP contribution in [-0.4, -0.2) is 54.1 Å². The highest BCUT2D eigenvalue weighted by molar-refractivity contribution is 5.95. The molecule has 0 saturated carbocycles. The Hall–Kier alpha value is -3.23. The second-order valence-electron chi connectivity index (χ2n) is 6.08. The van der Waals surface area contributed by atoms with Crippen molar-refractivity contribution in [1.82, 2.24) is 4.90 Å². The molecular weight excluding hydrogens is 366 g/mol. The lowest BCUT2D eigenvalue weighted by molar-refractivity contribution is -0.152. The Morgan fingerprint density at radius 2 is 1.50 bits per heavy atom. The molecule has 0 aliphatic carbocycles. The van der Waals surface area contributed by atoms with Crippen LogP contribution in [-0.2, 0) is 28.7 Å². The number of esters is 1. The molecular formula is C19H25N3O6. The standard InChI is InChI=1S/C19H25N3O6/c1-4-22(18(26)12-28-19(27)10-5-13(2)23)11-17(25)21-16-8-6-15(7-9-16)20-14(3)24/h6-9H,4-5,10-12H2,1-3H3,(H,20,24)(H,21,25). The van der Waals surface area contributed by atoms with Gasteiger partial charge in [-0.05, 0) is 38.1 Å². The van der Waals surface area contributed by atoms with E-state index in [9.17, 15) is 24.0 Å². The molecule has 9 heteroatoms. The van der Waals surface area contributed by atoms with Crippen LogP contribution in [0, 0.1) is 0 Å². The maximum absolute atomic E-state index is 12.1. The van der Waals surface area contributed by atoms with Gasteiger partial charge in [-0.15, -0.1) is 0 Å². The minimum atomic E-state index is -0.636. The summed E-state index contributed by atoms with van der Waals surface area (Å²) < 4.78 is 4.83. The quantitative estimate of drug-likeness (QED) is 0.581. The Balaban J connectivity index is 2.48. The van der Waals surface area contributed by atoms with E-state index in [1.807, 2.05) is 0 Å². The lowest BCUT2D eigenvalue weighted by Gasteiger charge is -2.20. The number of hydrogen-bond donors (Lipinski definition) is 2. The summed E-state index contributed by atoms with van der Waals surface area (Å²) in [5.74, 6) is -1.89. The largest absolute Gasteiger partial charge is 0.456 e. The molecule has 152 valence electrons. The Labute approximate surface area is 163 Å². The van der Waals surface area contributed by atoms with E-state index in [0.717, 1.165) is 0 Å². The average Bonchev–Trinajstić information content (AvgIpc) is 2.63. The first-order valence-electron chi connectivity index (χ1n) is 8.81. The lowest BCUT2D eigenvalue weighted by atomic mass is 10.2. The second kappa shape index (κ2) is 11.5. The summed E-state index contributed by atoms with van der Waals surface area (Å²) in [5, 5.41) is 5.26. The molecule has 0 bridgehead atoms. The van der Waals surface area contributed by atoms with Gasteiger partial charge in [0.15, 0.2) is 6.61 Å². The number of nitrogens with one attached hydrogen (secondary N) is 2. The van der Waals surface area contributed by atoms with Crippen molar-refractivity contribution in [2.75, 3.05) is 30.3 Å². The van der Waals surface area contributed by atoms with Crippen LogP contribution in [0.4, 0.5) is 11.4 Å². The summed E-state index contributed by atoms with van der Waals surface area (Å²) in [6.07, 6.45) is -0.0165. The van der Waals surface area contributed by atoms with Gasteiger partial charge in [0, 0.05) is 31.3 Å². The number of benzene rings is 1. The number of Topliss-reactive ketones (excluding diaryl/α,β-unsaturated/α-hetero) is 1. The number of ketones is 1. The molecule has 0 heterocycles. The summed E-state index contributed by atoms with van der Waals surface area (Å²) in [6, 6.07) is 6.52. The van der Waals surface area contributed by atoms with E-state index < -0.39 is 24.4 Å². The van der Waals surface area contributed by atoms with Gasteiger partial charge >= 0.3 is 5.97 Å². The molecule has 2 N–H and O–H groups in total. The first-order chi connectivity index (χ1) is 13.2. The Morgan fingerprint density at radius 3 is 2.00 bits per heavy atom. The fourth-order valence-electron chi connectivity index (χ4n) is 2.17. The van der Waals surface area contributed by atoms with Gasteiger partial charge in [0.2, 0.25) is 11.8 Å². The first kappa shape index (κ1) is 22.8. The molecule has 1 aromatic carbocycles. The van der Waals surface area contributed by atoms with Gasteiger partial charge in [-0.2, -0.15) is 0 Å². The van der Waals surface area contributed by atoms with E-state index in [-0.39, 0.29) is 37.6 Å². The van der Waals surface area contributed by atoms with E-state index >= 15 is 0 Å². The third kappa shape index (κ3) is 8.93. The van der Waals surface area contributed by atoms with Crippen LogP contribution in [0.25, 0.3) is 0 Å². The Kier molecular flexibility index (Phi) is 9.35. The van der Waals surface area contributed by atoms with Crippen molar-refractivity contribution in [3.63, 3.8) is 0 Å². The number of nitrogens with zero attached hydrogens (tertiary/aromatic N) is 1. The zero-order valence-electron chi connectivity index (χ0n) is 16.2. The SMILES string of the molecule is CCN(CC(=O)Nc1ccc(NC(C)=O)cc1)C(=O)COC(=O)CCC(C)=O. The first-order valence-corrected chi connectivity index (χ1v) is 8.81. The molecule has 0 unspecified atom stereocenters. The van der Waals surface area contributed by atoms with Gasteiger partial charge in [-0.3, -0.25) is 19.2 Å². The van der Waals surface area contributed by atoms with Gasteiger partial charge in [0.05, 0.1) is 13.0 Å². The predicted octanol–water partition coefficient (Wildman–Crippen LogP) is 1.34. The van der Waals surface area contributed by atoms with E-state index in [2.05, 4.69) is 10.6 Å². The molecule has 28 heavy (non-hydrogen) atoms. The zero-order valence-corrected chi connectivity index (χ0v) is 16.2. The van der Waals surface area contributed by atoms with Crippen LogP contribution in [0.3, 0.4) is 0 Å². The van der Waals surface area contributed by atoms with Crippen molar-refractivity contribution in [3.8, 4) is 0 Å². The van der Waals surface area contributed by atoms with Crippen molar-refractivity contribution in [2.45, 2.75) is 33.6 Å². The molecule has 3 amide bonds. The smallest absolute Gasteiger partial charge is 0.306 e. The molecule has 1 aromatic rings. The highest BCUT2D eigenvalue weighted by Crippen LogP contribution is 2.13.